The maximum absolute atomic E-state index is 13.7. The molecular formula is C18H23FN2O3. The molecule has 2 N–H and O–H groups in total. The fourth-order valence-electron chi connectivity index (χ4n) is 3.80. The Morgan fingerprint density at radius 2 is 1.88 bits per heavy atom. The molecule has 2 fully saturated rings. The number of carbonyl (C=O) groups excluding carboxylic acids is 2. The first-order valence-electron chi connectivity index (χ1n) is 8.45. The predicted octanol–water partition coefficient (Wildman–Crippen LogP) is 1.60. The van der Waals surface area contributed by atoms with E-state index in [-0.39, 0.29) is 23.5 Å². The van der Waals surface area contributed by atoms with Crippen molar-refractivity contribution >= 4 is 11.8 Å². The van der Waals surface area contributed by atoms with Crippen LogP contribution in [0, 0.1) is 11.7 Å². The fraction of sp³-hybridized carbons (Fsp3) is 0.556. The SMILES string of the molecule is NC(=O)C1CCN(C(=O)C2(c3cccc(F)c3)CCOCC2)CC1. The molecule has 1 aromatic rings. The van der Waals surface area contributed by atoms with Crippen molar-refractivity contribution in [3.05, 3.63) is 35.6 Å². The van der Waals surface area contributed by atoms with Crippen molar-refractivity contribution in [2.45, 2.75) is 31.1 Å². The van der Waals surface area contributed by atoms with Gasteiger partial charge in [-0.1, -0.05) is 12.1 Å². The zero-order valence-corrected chi connectivity index (χ0v) is 13.7. The van der Waals surface area contributed by atoms with E-state index in [1.807, 2.05) is 6.07 Å². The Hall–Kier alpha value is -1.95. The third-order valence-corrected chi connectivity index (χ3v) is 5.32. The normalized spacial score (nSPS) is 21.5. The number of likely N-dealkylation sites (tertiary alicyclic amines) is 1. The van der Waals surface area contributed by atoms with Crippen LogP contribution in [0.4, 0.5) is 4.39 Å². The van der Waals surface area contributed by atoms with Crippen LogP contribution in [-0.2, 0) is 19.7 Å². The van der Waals surface area contributed by atoms with Crippen LogP contribution in [-0.4, -0.2) is 43.0 Å². The summed E-state index contributed by atoms with van der Waals surface area (Å²) in [7, 11) is 0. The van der Waals surface area contributed by atoms with Gasteiger partial charge in [0.25, 0.3) is 0 Å². The highest BCUT2D eigenvalue weighted by atomic mass is 19.1. The van der Waals surface area contributed by atoms with Crippen molar-refractivity contribution < 1.29 is 18.7 Å². The Bertz CT molecular complexity index is 620. The van der Waals surface area contributed by atoms with Gasteiger partial charge in [0.05, 0.1) is 5.41 Å². The van der Waals surface area contributed by atoms with Crippen molar-refractivity contribution in [1.82, 2.24) is 4.90 Å². The first-order valence-corrected chi connectivity index (χ1v) is 8.45. The Labute approximate surface area is 141 Å². The monoisotopic (exact) mass is 334 g/mol. The minimum Gasteiger partial charge on any atom is -0.381 e. The maximum atomic E-state index is 13.7. The van der Waals surface area contributed by atoms with Crippen LogP contribution in [0.15, 0.2) is 24.3 Å². The molecule has 0 atom stereocenters. The van der Waals surface area contributed by atoms with E-state index < -0.39 is 5.41 Å². The highest BCUT2D eigenvalue weighted by molar-refractivity contribution is 5.89. The van der Waals surface area contributed by atoms with Gasteiger partial charge in [0, 0.05) is 32.2 Å². The fourth-order valence-corrected chi connectivity index (χ4v) is 3.80. The van der Waals surface area contributed by atoms with E-state index in [1.165, 1.54) is 12.1 Å². The van der Waals surface area contributed by atoms with Crippen LogP contribution in [0.5, 0.6) is 0 Å². The van der Waals surface area contributed by atoms with Gasteiger partial charge in [-0.15, -0.1) is 0 Å². The molecule has 24 heavy (non-hydrogen) atoms. The number of ether oxygens (including phenoxy) is 1. The summed E-state index contributed by atoms with van der Waals surface area (Å²) in [5.74, 6) is -0.778. The molecule has 0 aromatic heterocycles. The highest BCUT2D eigenvalue weighted by Gasteiger charge is 2.45. The second-order valence-corrected chi connectivity index (χ2v) is 6.67. The van der Waals surface area contributed by atoms with E-state index in [4.69, 9.17) is 10.5 Å². The molecule has 0 radical (unpaired) electrons. The minimum atomic E-state index is -0.736. The summed E-state index contributed by atoms with van der Waals surface area (Å²) in [6, 6.07) is 6.32. The third kappa shape index (κ3) is 3.15. The van der Waals surface area contributed by atoms with Crippen LogP contribution in [0.25, 0.3) is 0 Å². The quantitative estimate of drug-likeness (QED) is 0.912. The molecule has 2 aliphatic rings. The Morgan fingerprint density at radius 3 is 2.46 bits per heavy atom. The van der Waals surface area contributed by atoms with E-state index in [0.29, 0.717) is 57.6 Å². The lowest BCUT2D eigenvalue weighted by Gasteiger charge is -2.42. The maximum Gasteiger partial charge on any atom is 0.233 e. The van der Waals surface area contributed by atoms with Crippen molar-refractivity contribution in [3.63, 3.8) is 0 Å². The zero-order chi connectivity index (χ0) is 17.2. The third-order valence-electron chi connectivity index (χ3n) is 5.32. The van der Waals surface area contributed by atoms with Crippen LogP contribution in [0.2, 0.25) is 0 Å². The van der Waals surface area contributed by atoms with Gasteiger partial charge in [-0.3, -0.25) is 9.59 Å². The number of nitrogens with two attached hydrogens (primary N) is 1. The Kier molecular flexibility index (Phi) is 4.85. The second-order valence-electron chi connectivity index (χ2n) is 6.67. The number of hydrogen-bond acceptors (Lipinski definition) is 3. The largest absolute Gasteiger partial charge is 0.381 e. The molecule has 0 unspecified atom stereocenters. The van der Waals surface area contributed by atoms with Gasteiger partial charge in [0.2, 0.25) is 11.8 Å². The summed E-state index contributed by atoms with van der Waals surface area (Å²) in [5.41, 5.74) is 5.34. The summed E-state index contributed by atoms with van der Waals surface area (Å²) in [4.78, 5) is 26.4. The van der Waals surface area contributed by atoms with Gasteiger partial charge in [-0.25, -0.2) is 4.39 Å². The van der Waals surface area contributed by atoms with Gasteiger partial charge in [0.1, 0.15) is 5.82 Å². The summed E-state index contributed by atoms with van der Waals surface area (Å²) in [6.07, 6.45) is 2.28. The molecule has 5 nitrogen and oxygen atoms in total. The van der Waals surface area contributed by atoms with E-state index in [9.17, 15) is 14.0 Å². The molecule has 3 rings (SSSR count). The lowest BCUT2D eigenvalue weighted by atomic mass is 9.72. The van der Waals surface area contributed by atoms with E-state index in [0.717, 1.165) is 0 Å². The molecule has 2 heterocycles. The number of carbonyl (C=O) groups is 2. The van der Waals surface area contributed by atoms with Crippen LogP contribution in [0.1, 0.15) is 31.2 Å². The molecular weight excluding hydrogens is 311 g/mol. The predicted molar refractivity (Wildman–Crippen MR) is 86.6 cm³/mol. The topological polar surface area (TPSA) is 72.6 Å². The standard InChI is InChI=1S/C18H23FN2O3/c19-15-3-1-2-14(12-15)18(6-10-24-11-7-18)17(23)21-8-4-13(5-9-21)16(20)22/h1-3,12-13H,4-11H2,(H2,20,22). The summed E-state index contributed by atoms with van der Waals surface area (Å²) < 4.78 is 19.2. The van der Waals surface area contributed by atoms with E-state index in [2.05, 4.69) is 0 Å². The van der Waals surface area contributed by atoms with Gasteiger partial charge < -0.3 is 15.4 Å². The van der Waals surface area contributed by atoms with Gasteiger partial charge in [-0.2, -0.15) is 0 Å². The van der Waals surface area contributed by atoms with Crippen molar-refractivity contribution in [2.24, 2.45) is 11.7 Å². The van der Waals surface area contributed by atoms with E-state index in [1.54, 1.807) is 11.0 Å². The number of amides is 2. The number of benzene rings is 1. The van der Waals surface area contributed by atoms with E-state index >= 15 is 0 Å². The molecule has 1 aromatic carbocycles. The Morgan fingerprint density at radius 1 is 1.21 bits per heavy atom. The number of halogens is 1. The first kappa shape index (κ1) is 16.9. The average Bonchev–Trinajstić information content (AvgIpc) is 2.62. The molecule has 130 valence electrons. The number of rotatable bonds is 3. The highest BCUT2D eigenvalue weighted by Crippen LogP contribution is 2.38. The van der Waals surface area contributed by atoms with Gasteiger partial charge in [-0.05, 0) is 43.4 Å². The molecule has 6 heteroatoms. The molecule has 0 saturated carbocycles. The number of piperidine rings is 1. The minimum absolute atomic E-state index is 0.0133. The van der Waals surface area contributed by atoms with Crippen molar-refractivity contribution in [3.8, 4) is 0 Å². The summed E-state index contributed by atoms with van der Waals surface area (Å²) in [5, 5.41) is 0. The zero-order valence-electron chi connectivity index (χ0n) is 13.7. The second kappa shape index (κ2) is 6.89. The molecule has 0 bridgehead atoms. The number of hydrogen-bond donors (Lipinski definition) is 1. The van der Waals surface area contributed by atoms with Crippen molar-refractivity contribution in [2.75, 3.05) is 26.3 Å². The number of primary amides is 1. The van der Waals surface area contributed by atoms with Crippen LogP contribution < -0.4 is 5.73 Å². The molecule has 0 aliphatic carbocycles. The van der Waals surface area contributed by atoms with Crippen LogP contribution >= 0.6 is 0 Å². The lowest BCUT2D eigenvalue weighted by Crippen LogP contribution is -2.52. The summed E-state index contributed by atoms with van der Waals surface area (Å²) in [6.45, 7) is 2.01. The van der Waals surface area contributed by atoms with Gasteiger partial charge in [0.15, 0.2) is 0 Å². The molecule has 0 spiro atoms. The first-order chi connectivity index (χ1) is 11.5. The van der Waals surface area contributed by atoms with Gasteiger partial charge >= 0.3 is 0 Å². The lowest BCUT2D eigenvalue weighted by molar-refractivity contribution is -0.144. The molecule has 2 aliphatic heterocycles. The molecule has 2 saturated heterocycles. The smallest absolute Gasteiger partial charge is 0.233 e. The van der Waals surface area contributed by atoms with Crippen LogP contribution in [0.3, 0.4) is 0 Å². The average molecular weight is 334 g/mol. The number of nitrogens with zero attached hydrogens (tertiary/aromatic N) is 1. The Balaban J connectivity index is 1.84. The van der Waals surface area contributed by atoms with Crippen molar-refractivity contribution in [1.29, 1.82) is 0 Å². The summed E-state index contributed by atoms with van der Waals surface area (Å²) >= 11 is 0. The molecule has 2 amide bonds.